The van der Waals surface area contributed by atoms with Crippen LogP contribution < -0.4 is 0 Å². The Kier molecular flexibility index (Phi) is 3.86. The standard InChI is InChI=1S/C12H24O2Si/c1-13-15(14-2,12-9-10-12)11-7-5-3-4-6-8-11/h11-12H,3-10H2,1-2H3. The van der Waals surface area contributed by atoms with Crippen molar-refractivity contribution >= 4 is 8.56 Å². The van der Waals surface area contributed by atoms with E-state index in [9.17, 15) is 0 Å². The van der Waals surface area contributed by atoms with Crippen molar-refractivity contribution in [1.82, 2.24) is 0 Å². The molecule has 2 fully saturated rings. The van der Waals surface area contributed by atoms with Crippen LogP contribution in [0.3, 0.4) is 0 Å². The fourth-order valence-electron chi connectivity index (χ4n) is 3.25. The molecule has 0 bridgehead atoms. The van der Waals surface area contributed by atoms with Crippen molar-refractivity contribution in [3.05, 3.63) is 0 Å². The SMILES string of the molecule is CO[Si](OC)(C1CCCCCC1)C1CC1. The molecule has 2 rings (SSSR count). The first kappa shape index (κ1) is 11.6. The van der Waals surface area contributed by atoms with Gasteiger partial charge < -0.3 is 8.85 Å². The summed E-state index contributed by atoms with van der Waals surface area (Å²) in [6.07, 6.45) is 11.0. The monoisotopic (exact) mass is 228 g/mol. The maximum Gasteiger partial charge on any atom is 0.344 e. The van der Waals surface area contributed by atoms with E-state index in [1.807, 2.05) is 14.2 Å². The molecule has 2 saturated carbocycles. The molecular weight excluding hydrogens is 204 g/mol. The van der Waals surface area contributed by atoms with Crippen LogP contribution in [0, 0.1) is 0 Å². The first-order valence-electron chi connectivity index (χ1n) is 6.44. The predicted octanol–water partition coefficient (Wildman–Crippen LogP) is 3.61. The van der Waals surface area contributed by atoms with Crippen LogP contribution in [0.15, 0.2) is 0 Å². The third-order valence-corrected chi connectivity index (χ3v) is 8.92. The fraction of sp³-hybridized carbons (Fsp3) is 1.00. The predicted molar refractivity (Wildman–Crippen MR) is 64.2 cm³/mol. The highest BCUT2D eigenvalue weighted by Gasteiger charge is 2.55. The average molecular weight is 228 g/mol. The summed E-state index contributed by atoms with van der Waals surface area (Å²) >= 11 is 0. The molecule has 0 amide bonds. The van der Waals surface area contributed by atoms with Gasteiger partial charge in [-0.05, 0) is 25.7 Å². The van der Waals surface area contributed by atoms with E-state index in [4.69, 9.17) is 8.85 Å². The maximum absolute atomic E-state index is 5.92. The Hall–Kier alpha value is 0.137. The van der Waals surface area contributed by atoms with Crippen molar-refractivity contribution in [2.24, 2.45) is 0 Å². The minimum absolute atomic E-state index is 0.766. The number of hydrogen-bond donors (Lipinski definition) is 0. The molecule has 0 heterocycles. The van der Waals surface area contributed by atoms with Gasteiger partial charge in [-0.1, -0.05) is 25.7 Å². The van der Waals surface area contributed by atoms with Crippen molar-refractivity contribution in [3.8, 4) is 0 Å². The lowest BCUT2D eigenvalue weighted by Crippen LogP contribution is -2.45. The molecule has 0 aromatic heterocycles. The van der Waals surface area contributed by atoms with Gasteiger partial charge in [0.1, 0.15) is 0 Å². The Morgan fingerprint density at radius 1 is 0.733 bits per heavy atom. The summed E-state index contributed by atoms with van der Waals surface area (Å²) in [4.78, 5) is 0. The van der Waals surface area contributed by atoms with Crippen LogP contribution in [-0.4, -0.2) is 22.8 Å². The molecule has 0 saturated heterocycles. The molecular formula is C12H24O2Si. The van der Waals surface area contributed by atoms with E-state index in [0.717, 1.165) is 11.1 Å². The molecule has 0 N–H and O–H groups in total. The van der Waals surface area contributed by atoms with Crippen LogP contribution in [-0.2, 0) is 8.85 Å². The molecule has 2 aliphatic carbocycles. The smallest absolute Gasteiger partial charge is 0.344 e. The van der Waals surface area contributed by atoms with Gasteiger partial charge in [0, 0.05) is 25.3 Å². The summed E-state index contributed by atoms with van der Waals surface area (Å²) in [6, 6.07) is 0. The molecule has 0 aliphatic heterocycles. The zero-order valence-corrected chi connectivity index (χ0v) is 11.1. The summed E-state index contributed by atoms with van der Waals surface area (Å²) in [5, 5.41) is 0. The van der Waals surface area contributed by atoms with E-state index in [1.54, 1.807) is 0 Å². The number of hydrogen-bond acceptors (Lipinski definition) is 2. The van der Waals surface area contributed by atoms with Crippen LogP contribution >= 0.6 is 0 Å². The van der Waals surface area contributed by atoms with Crippen LogP contribution in [0.1, 0.15) is 51.4 Å². The van der Waals surface area contributed by atoms with Gasteiger partial charge in [-0.3, -0.25) is 0 Å². The summed E-state index contributed by atoms with van der Waals surface area (Å²) in [5.74, 6) is 0. The molecule has 2 aliphatic rings. The molecule has 15 heavy (non-hydrogen) atoms. The van der Waals surface area contributed by atoms with Crippen molar-refractivity contribution in [2.75, 3.05) is 14.2 Å². The van der Waals surface area contributed by atoms with E-state index in [1.165, 1.54) is 51.4 Å². The van der Waals surface area contributed by atoms with Crippen LogP contribution in [0.5, 0.6) is 0 Å². The lowest BCUT2D eigenvalue weighted by atomic mass is 10.2. The largest absolute Gasteiger partial charge is 0.397 e. The van der Waals surface area contributed by atoms with Gasteiger partial charge >= 0.3 is 8.56 Å². The zero-order valence-electron chi connectivity index (χ0n) is 10.1. The Morgan fingerprint density at radius 3 is 1.60 bits per heavy atom. The first-order valence-corrected chi connectivity index (χ1v) is 8.41. The normalized spacial score (nSPS) is 25.2. The third kappa shape index (κ3) is 2.29. The Morgan fingerprint density at radius 2 is 1.20 bits per heavy atom. The summed E-state index contributed by atoms with van der Waals surface area (Å²) in [5.41, 5.74) is 1.57. The first-order chi connectivity index (χ1) is 7.33. The minimum atomic E-state index is -1.84. The van der Waals surface area contributed by atoms with Gasteiger partial charge in [0.25, 0.3) is 0 Å². The second-order valence-corrected chi connectivity index (χ2v) is 8.98. The Bertz CT molecular complexity index is 192. The van der Waals surface area contributed by atoms with Crippen molar-refractivity contribution in [1.29, 1.82) is 0 Å². The minimum Gasteiger partial charge on any atom is -0.397 e. The van der Waals surface area contributed by atoms with E-state index in [0.29, 0.717) is 0 Å². The van der Waals surface area contributed by atoms with Gasteiger partial charge in [-0.15, -0.1) is 0 Å². The highest BCUT2D eigenvalue weighted by atomic mass is 28.4. The Labute approximate surface area is 94.6 Å². The zero-order chi connectivity index (χ0) is 10.7. The summed E-state index contributed by atoms with van der Waals surface area (Å²) < 4.78 is 11.8. The van der Waals surface area contributed by atoms with E-state index in [-0.39, 0.29) is 0 Å². The lowest BCUT2D eigenvalue weighted by molar-refractivity contribution is 0.221. The maximum atomic E-state index is 5.92. The molecule has 0 atom stereocenters. The van der Waals surface area contributed by atoms with Crippen molar-refractivity contribution in [3.63, 3.8) is 0 Å². The molecule has 88 valence electrons. The van der Waals surface area contributed by atoms with Gasteiger partial charge in [0.2, 0.25) is 0 Å². The second-order valence-electron chi connectivity index (χ2n) is 5.09. The van der Waals surface area contributed by atoms with Gasteiger partial charge in [-0.2, -0.15) is 0 Å². The molecule has 0 aromatic rings. The second kappa shape index (κ2) is 4.98. The average Bonchev–Trinajstić information content (AvgIpc) is 3.07. The molecule has 3 heteroatoms. The highest BCUT2D eigenvalue weighted by Crippen LogP contribution is 2.53. The highest BCUT2D eigenvalue weighted by molar-refractivity contribution is 6.71. The quantitative estimate of drug-likeness (QED) is 0.540. The van der Waals surface area contributed by atoms with E-state index in [2.05, 4.69) is 0 Å². The van der Waals surface area contributed by atoms with Gasteiger partial charge in [0.05, 0.1) is 0 Å². The van der Waals surface area contributed by atoms with Crippen molar-refractivity contribution in [2.45, 2.75) is 62.4 Å². The van der Waals surface area contributed by atoms with Gasteiger partial charge in [-0.25, -0.2) is 0 Å². The summed E-state index contributed by atoms with van der Waals surface area (Å²) in [6.45, 7) is 0. The molecule has 0 radical (unpaired) electrons. The molecule has 0 spiro atoms. The third-order valence-electron chi connectivity index (χ3n) is 4.21. The van der Waals surface area contributed by atoms with Crippen LogP contribution in [0.4, 0.5) is 0 Å². The fourth-order valence-corrected chi connectivity index (χ4v) is 7.60. The van der Waals surface area contributed by atoms with Crippen LogP contribution in [0.2, 0.25) is 11.1 Å². The molecule has 0 unspecified atom stereocenters. The van der Waals surface area contributed by atoms with E-state index >= 15 is 0 Å². The molecule has 2 nitrogen and oxygen atoms in total. The summed E-state index contributed by atoms with van der Waals surface area (Å²) in [7, 11) is 1.93. The number of rotatable bonds is 4. The molecule has 0 aromatic carbocycles. The van der Waals surface area contributed by atoms with Gasteiger partial charge in [0.15, 0.2) is 0 Å². The topological polar surface area (TPSA) is 18.5 Å². The van der Waals surface area contributed by atoms with E-state index < -0.39 is 8.56 Å². The lowest BCUT2D eigenvalue weighted by Gasteiger charge is -2.35. The van der Waals surface area contributed by atoms with Crippen LogP contribution in [0.25, 0.3) is 0 Å². The Balaban J connectivity index is 2.07. The van der Waals surface area contributed by atoms with Crippen molar-refractivity contribution < 1.29 is 8.85 Å².